The number of nitrogens with zero attached hydrogens (tertiary/aromatic N) is 4. The number of aryl methyl sites for hydroxylation is 1. The monoisotopic (exact) mass is 394 g/mol. The predicted molar refractivity (Wildman–Crippen MR) is 121 cm³/mol. The number of nitrogen functional groups attached to an aromatic ring is 1. The predicted octanol–water partition coefficient (Wildman–Crippen LogP) is 4.14. The zero-order valence-corrected chi connectivity index (χ0v) is 17.8. The smallest absolute Gasteiger partial charge is 0.152 e. The van der Waals surface area contributed by atoms with Crippen LogP contribution in [-0.2, 0) is 13.0 Å². The standard InChI is InChI=1S/C23H34N6/c1-3-5-10-20-27-21-22(18-8-6-7-9-19(18)26-23(21)24)29(20)16-17-11-14-28(15-12-17)25-13-4-2/h6-9,17,25H,3-5,10-16H2,1-2H3,(H2,24,26). The van der Waals surface area contributed by atoms with Gasteiger partial charge >= 0.3 is 0 Å². The third kappa shape index (κ3) is 4.23. The van der Waals surface area contributed by atoms with E-state index in [4.69, 9.17) is 10.7 Å². The average Bonchev–Trinajstić information content (AvgIpc) is 3.11. The minimum Gasteiger partial charge on any atom is -0.382 e. The molecule has 0 unspecified atom stereocenters. The van der Waals surface area contributed by atoms with Gasteiger partial charge in [-0.1, -0.05) is 38.5 Å². The molecule has 0 spiro atoms. The van der Waals surface area contributed by atoms with Gasteiger partial charge in [0.25, 0.3) is 0 Å². The van der Waals surface area contributed by atoms with E-state index in [9.17, 15) is 0 Å². The molecule has 0 atom stereocenters. The number of fused-ring (bicyclic) bond motifs is 3. The Morgan fingerprint density at radius 1 is 1.10 bits per heavy atom. The van der Waals surface area contributed by atoms with Crippen molar-refractivity contribution in [2.75, 3.05) is 25.4 Å². The largest absolute Gasteiger partial charge is 0.382 e. The van der Waals surface area contributed by atoms with E-state index in [2.05, 4.69) is 46.0 Å². The van der Waals surface area contributed by atoms with E-state index in [1.165, 1.54) is 37.0 Å². The van der Waals surface area contributed by atoms with Gasteiger partial charge in [0.15, 0.2) is 5.82 Å². The molecule has 6 nitrogen and oxygen atoms in total. The molecule has 3 aromatic rings. The fourth-order valence-corrected chi connectivity index (χ4v) is 4.43. The van der Waals surface area contributed by atoms with E-state index >= 15 is 0 Å². The lowest BCUT2D eigenvalue weighted by molar-refractivity contribution is 0.118. The lowest BCUT2D eigenvalue weighted by atomic mass is 9.97. The van der Waals surface area contributed by atoms with Crippen molar-refractivity contribution in [1.82, 2.24) is 25.0 Å². The van der Waals surface area contributed by atoms with Crippen molar-refractivity contribution in [3.63, 3.8) is 0 Å². The Hall–Kier alpha value is -2.18. The zero-order chi connectivity index (χ0) is 20.2. The highest BCUT2D eigenvalue weighted by Crippen LogP contribution is 2.31. The van der Waals surface area contributed by atoms with Gasteiger partial charge in [0, 0.05) is 38.0 Å². The second kappa shape index (κ2) is 9.09. The van der Waals surface area contributed by atoms with E-state index in [-0.39, 0.29) is 0 Å². The molecule has 0 bridgehead atoms. The number of hydrogen-bond donors (Lipinski definition) is 2. The quantitative estimate of drug-likeness (QED) is 0.601. The fourth-order valence-electron chi connectivity index (χ4n) is 4.43. The highest BCUT2D eigenvalue weighted by atomic mass is 15.5. The Kier molecular flexibility index (Phi) is 6.31. The SMILES string of the molecule is CCCCc1nc2c(N)nc3ccccc3c2n1CC1CCN(NCCC)CC1. The molecule has 3 heterocycles. The molecule has 0 radical (unpaired) electrons. The normalized spacial score (nSPS) is 16.2. The van der Waals surface area contributed by atoms with Gasteiger partial charge in [-0.15, -0.1) is 0 Å². The second-order valence-electron chi connectivity index (χ2n) is 8.29. The van der Waals surface area contributed by atoms with Crippen LogP contribution in [0.4, 0.5) is 5.82 Å². The van der Waals surface area contributed by atoms with Crippen molar-refractivity contribution >= 4 is 27.8 Å². The highest BCUT2D eigenvalue weighted by molar-refractivity contribution is 6.06. The van der Waals surface area contributed by atoms with E-state index in [0.717, 1.165) is 55.4 Å². The van der Waals surface area contributed by atoms with Gasteiger partial charge < -0.3 is 10.3 Å². The number of hydrazine groups is 1. The van der Waals surface area contributed by atoms with Crippen molar-refractivity contribution in [3.05, 3.63) is 30.1 Å². The summed E-state index contributed by atoms with van der Waals surface area (Å²) in [5, 5.41) is 3.55. The van der Waals surface area contributed by atoms with Crippen molar-refractivity contribution in [3.8, 4) is 0 Å². The first-order valence-corrected chi connectivity index (χ1v) is 11.2. The summed E-state index contributed by atoms with van der Waals surface area (Å²) >= 11 is 0. The van der Waals surface area contributed by atoms with Crippen LogP contribution < -0.4 is 11.2 Å². The van der Waals surface area contributed by atoms with E-state index in [1.807, 2.05) is 12.1 Å². The lowest BCUT2D eigenvalue weighted by Gasteiger charge is -2.32. The maximum Gasteiger partial charge on any atom is 0.152 e. The van der Waals surface area contributed by atoms with Crippen LogP contribution in [0.2, 0.25) is 0 Å². The van der Waals surface area contributed by atoms with Crippen LogP contribution in [0.1, 0.15) is 51.8 Å². The summed E-state index contributed by atoms with van der Waals surface area (Å²) in [6.07, 6.45) is 6.90. The van der Waals surface area contributed by atoms with Gasteiger partial charge in [-0.25, -0.2) is 15.0 Å². The van der Waals surface area contributed by atoms with Gasteiger partial charge in [0.1, 0.15) is 11.3 Å². The summed E-state index contributed by atoms with van der Waals surface area (Å²) < 4.78 is 2.46. The maximum absolute atomic E-state index is 6.33. The number of benzene rings is 1. The number of para-hydroxylation sites is 1. The Bertz CT molecular complexity index is 955. The topological polar surface area (TPSA) is 72.0 Å². The van der Waals surface area contributed by atoms with Crippen LogP contribution in [0.5, 0.6) is 0 Å². The Morgan fingerprint density at radius 2 is 1.90 bits per heavy atom. The summed E-state index contributed by atoms with van der Waals surface area (Å²) in [6.45, 7) is 8.77. The summed E-state index contributed by atoms with van der Waals surface area (Å²) in [5.41, 5.74) is 12.9. The van der Waals surface area contributed by atoms with Gasteiger partial charge in [-0.05, 0) is 37.7 Å². The van der Waals surface area contributed by atoms with Gasteiger partial charge in [-0.2, -0.15) is 0 Å². The zero-order valence-electron chi connectivity index (χ0n) is 17.8. The summed E-state index contributed by atoms with van der Waals surface area (Å²) in [7, 11) is 0. The van der Waals surface area contributed by atoms with Gasteiger partial charge in [0.2, 0.25) is 0 Å². The molecule has 0 aliphatic carbocycles. The molecule has 4 rings (SSSR count). The molecule has 0 saturated carbocycles. The Morgan fingerprint density at radius 3 is 2.66 bits per heavy atom. The molecule has 29 heavy (non-hydrogen) atoms. The molecule has 1 aliphatic heterocycles. The molecule has 2 aromatic heterocycles. The number of pyridine rings is 1. The summed E-state index contributed by atoms with van der Waals surface area (Å²) in [5.74, 6) is 2.38. The molecule has 1 saturated heterocycles. The molecule has 1 aromatic carbocycles. The number of rotatable bonds is 8. The van der Waals surface area contributed by atoms with Crippen LogP contribution in [-0.4, -0.2) is 39.2 Å². The number of nitrogens with one attached hydrogen (secondary N) is 1. The fraction of sp³-hybridized carbons (Fsp3) is 0.565. The van der Waals surface area contributed by atoms with Gasteiger partial charge in [-0.3, -0.25) is 5.43 Å². The van der Waals surface area contributed by atoms with Crippen LogP contribution in [0, 0.1) is 5.92 Å². The van der Waals surface area contributed by atoms with Crippen molar-refractivity contribution in [1.29, 1.82) is 0 Å². The Balaban J connectivity index is 1.66. The first-order valence-electron chi connectivity index (χ1n) is 11.2. The number of piperidine rings is 1. The number of nitrogens with two attached hydrogens (primary N) is 1. The van der Waals surface area contributed by atoms with Gasteiger partial charge in [0.05, 0.1) is 11.0 Å². The molecule has 1 aliphatic rings. The third-order valence-corrected chi connectivity index (χ3v) is 6.08. The van der Waals surface area contributed by atoms with Crippen LogP contribution in [0.25, 0.3) is 21.9 Å². The van der Waals surface area contributed by atoms with Crippen LogP contribution in [0.15, 0.2) is 24.3 Å². The average molecular weight is 395 g/mol. The minimum absolute atomic E-state index is 0.550. The van der Waals surface area contributed by atoms with Crippen LogP contribution in [0.3, 0.4) is 0 Å². The summed E-state index contributed by atoms with van der Waals surface area (Å²) in [6, 6.07) is 8.31. The summed E-state index contributed by atoms with van der Waals surface area (Å²) in [4.78, 5) is 9.58. The molecule has 0 amide bonds. The number of anilines is 1. The Labute approximate surface area is 173 Å². The van der Waals surface area contributed by atoms with Crippen molar-refractivity contribution in [2.24, 2.45) is 5.92 Å². The molecule has 3 N–H and O–H groups in total. The minimum atomic E-state index is 0.550. The molecule has 156 valence electrons. The van der Waals surface area contributed by atoms with Crippen molar-refractivity contribution < 1.29 is 0 Å². The van der Waals surface area contributed by atoms with Crippen LogP contribution >= 0.6 is 0 Å². The molecular formula is C23H34N6. The van der Waals surface area contributed by atoms with E-state index in [1.54, 1.807) is 0 Å². The lowest BCUT2D eigenvalue weighted by Crippen LogP contribution is -2.44. The first kappa shape index (κ1) is 20.1. The molecular weight excluding hydrogens is 360 g/mol. The second-order valence-corrected chi connectivity index (χ2v) is 8.29. The van der Waals surface area contributed by atoms with E-state index in [0.29, 0.717) is 11.7 Å². The molecule has 6 heteroatoms. The molecule has 1 fully saturated rings. The number of hydrogen-bond acceptors (Lipinski definition) is 5. The number of aromatic nitrogens is 3. The highest BCUT2D eigenvalue weighted by Gasteiger charge is 2.23. The first-order chi connectivity index (χ1) is 14.2. The third-order valence-electron chi connectivity index (χ3n) is 6.08. The number of unbranched alkanes of at least 4 members (excludes halogenated alkanes) is 1. The number of imidazole rings is 1. The van der Waals surface area contributed by atoms with E-state index < -0.39 is 0 Å². The maximum atomic E-state index is 6.33. The van der Waals surface area contributed by atoms with Crippen molar-refractivity contribution in [2.45, 2.75) is 58.9 Å².